The molecule has 0 N–H and O–H groups in total. The van der Waals surface area contributed by atoms with Crippen molar-refractivity contribution in [1.82, 2.24) is 9.80 Å². The maximum absolute atomic E-state index is 2.71. The molecule has 0 aromatic heterocycles. The third kappa shape index (κ3) is 4.55. The van der Waals surface area contributed by atoms with E-state index in [2.05, 4.69) is 40.1 Å². The zero-order chi connectivity index (χ0) is 14.3. The van der Waals surface area contributed by atoms with Crippen LogP contribution in [0.15, 0.2) is 30.3 Å². The zero-order valence-electron chi connectivity index (χ0n) is 13.3. The number of piperidine rings is 1. The van der Waals surface area contributed by atoms with Crippen LogP contribution >= 0.6 is 0 Å². The van der Waals surface area contributed by atoms with Crippen molar-refractivity contribution in [3.05, 3.63) is 35.9 Å². The molecule has 2 aliphatic rings. The molecular formula is C19H30N2. The van der Waals surface area contributed by atoms with Gasteiger partial charge in [0.15, 0.2) is 0 Å². The highest BCUT2D eigenvalue weighted by Crippen LogP contribution is 2.27. The Bertz CT molecular complexity index is 397. The zero-order valence-corrected chi connectivity index (χ0v) is 13.3. The summed E-state index contributed by atoms with van der Waals surface area (Å²) in [5, 5.41) is 0. The lowest BCUT2D eigenvalue weighted by atomic mass is 9.92. The molecule has 2 aliphatic heterocycles. The quantitative estimate of drug-likeness (QED) is 0.832. The number of hydrogen-bond acceptors (Lipinski definition) is 2. The van der Waals surface area contributed by atoms with Gasteiger partial charge < -0.3 is 9.80 Å². The molecule has 0 saturated carbocycles. The van der Waals surface area contributed by atoms with Gasteiger partial charge in [0.1, 0.15) is 0 Å². The van der Waals surface area contributed by atoms with Gasteiger partial charge in [0.05, 0.1) is 0 Å². The van der Waals surface area contributed by atoms with E-state index in [1.165, 1.54) is 77.8 Å². The van der Waals surface area contributed by atoms with Gasteiger partial charge in [-0.1, -0.05) is 36.8 Å². The van der Waals surface area contributed by atoms with E-state index in [4.69, 9.17) is 0 Å². The molecular weight excluding hydrogens is 256 g/mol. The van der Waals surface area contributed by atoms with Crippen LogP contribution in [0.2, 0.25) is 0 Å². The lowest BCUT2D eigenvalue weighted by molar-refractivity contribution is 0.184. The Morgan fingerprint density at radius 1 is 0.714 bits per heavy atom. The Labute approximate surface area is 130 Å². The van der Waals surface area contributed by atoms with Crippen LogP contribution in [0.3, 0.4) is 0 Å². The smallest absolute Gasteiger partial charge is 0.0109 e. The van der Waals surface area contributed by atoms with Gasteiger partial charge in [-0.2, -0.15) is 0 Å². The first-order valence-corrected chi connectivity index (χ1v) is 8.91. The number of nitrogens with zero attached hydrogens (tertiary/aromatic N) is 2. The lowest BCUT2D eigenvalue weighted by Crippen LogP contribution is -2.38. The van der Waals surface area contributed by atoms with E-state index in [-0.39, 0.29) is 0 Å². The highest BCUT2D eigenvalue weighted by molar-refractivity contribution is 5.19. The Morgan fingerprint density at radius 2 is 1.38 bits per heavy atom. The summed E-state index contributed by atoms with van der Waals surface area (Å²) in [6.45, 7) is 7.82. The molecule has 2 fully saturated rings. The minimum absolute atomic E-state index is 0.784. The van der Waals surface area contributed by atoms with Crippen molar-refractivity contribution in [3.8, 4) is 0 Å². The molecule has 2 saturated heterocycles. The molecule has 1 atom stereocenters. The minimum Gasteiger partial charge on any atom is -0.302 e. The maximum Gasteiger partial charge on any atom is 0.0109 e. The van der Waals surface area contributed by atoms with Crippen LogP contribution in [-0.4, -0.2) is 49.1 Å². The van der Waals surface area contributed by atoms with Gasteiger partial charge in [0, 0.05) is 13.1 Å². The van der Waals surface area contributed by atoms with Gasteiger partial charge in [-0.15, -0.1) is 0 Å². The van der Waals surface area contributed by atoms with Crippen molar-refractivity contribution in [1.29, 1.82) is 0 Å². The van der Waals surface area contributed by atoms with E-state index < -0.39 is 0 Å². The van der Waals surface area contributed by atoms with Crippen molar-refractivity contribution in [3.63, 3.8) is 0 Å². The molecule has 0 amide bonds. The lowest BCUT2D eigenvalue weighted by Gasteiger charge is -2.29. The molecule has 3 rings (SSSR count). The van der Waals surface area contributed by atoms with Gasteiger partial charge in [-0.05, 0) is 69.8 Å². The Hall–Kier alpha value is -0.860. The van der Waals surface area contributed by atoms with Crippen LogP contribution in [0.5, 0.6) is 0 Å². The molecule has 0 spiro atoms. The van der Waals surface area contributed by atoms with E-state index >= 15 is 0 Å². The number of rotatable bonds is 4. The molecule has 2 heteroatoms. The fourth-order valence-corrected chi connectivity index (χ4v) is 3.90. The fourth-order valence-electron chi connectivity index (χ4n) is 3.90. The fraction of sp³-hybridized carbons (Fsp3) is 0.684. The van der Waals surface area contributed by atoms with E-state index in [1.807, 2.05) is 0 Å². The molecule has 1 aromatic rings. The third-order valence-electron chi connectivity index (χ3n) is 5.27. The van der Waals surface area contributed by atoms with Crippen molar-refractivity contribution in [2.75, 3.05) is 39.3 Å². The predicted molar refractivity (Wildman–Crippen MR) is 89.8 cm³/mol. The first-order valence-electron chi connectivity index (χ1n) is 8.91. The molecule has 0 bridgehead atoms. The van der Waals surface area contributed by atoms with Gasteiger partial charge in [-0.25, -0.2) is 0 Å². The topological polar surface area (TPSA) is 6.48 Å². The number of benzene rings is 1. The Balaban J connectivity index is 1.44. The molecule has 0 radical (unpaired) electrons. The number of likely N-dealkylation sites (tertiary alicyclic amines) is 2. The minimum atomic E-state index is 0.784. The second-order valence-corrected chi connectivity index (χ2v) is 6.78. The molecule has 21 heavy (non-hydrogen) atoms. The van der Waals surface area contributed by atoms with E-state index in [0.717, 1.165) is 5.92 Å². The Morgan fingerprint density at radius 3 is 2.14 bits per heavy atom. The van der Waals surface area contributed by atoms with Gasteiger partial charge in [0.25, 0.3) is 0 Å². The molecule has 2 heterocycles. The summed E-state index contributed by atoms with van der Waals surface area (Å²) in [4.78, 5) is 5.38. The third-order valence-corrected chi connectivity index (χ3v) is 5.27. The van der Waals surface area contributed by atoms with Crippen LogP contribution in [0.4, 0.5) is 0 Å². The second-order valence-electron chi connectivity index (χ2n) is 6.78. The van der Waals surface area contributed by atoms with Crippen molar-refractivity contribution < 1.29 is 0 Å². The van der Waals surface area contributed by atoms with E-state index in [1.54, 1.807) is 5.56 Å². The Kier molecular flexibility index (Phi) is 5.70. The summed E-state index contributed by atoms with van der Waals surface area (Å²) in [5.74, 6) is 0.784. The summed E-state index contributed by atoms with van der Waals surface area (Å²) >= 11 is 0. The summed E-state index contributed by atoms with van der Waals surface area (Å²) < 4.78 is 0. The first-order chi connectivity index (χ1) is 10.4. The van der Waals surface area contributed by atoms with Gasteiger partial charge in [-0.3, -0.25) is 0 Å². The number of hydrogen-bond donors (Lipinski definition) is 0. The van der Waals surface area contributed by atoms with Crippen molar-refractivity contribution >= 4 is 0 Å². The van der Waals surface area contributed by atoms with Crippen LogP contribution in [0, 0.1) is 0 Å². The summed E-state index contributed by atoms with van der Waals surface area (Å²) in [6.07, 6.45) is 8.33. The normalized spacial score (nSPS) is 25.6. The largest absolute Gasteiger partial charge is 0.302 e. The van der Waals surface area contributed by atoms with Crippen LogP contribution in [-0.2, 0) is 0 Å². The molecule has 1 aromatic carbocycles. The molecule has 116 valence electrons. The standard InChI is InChI=1S/C19H30N2/c1-3-8-18(9-4-1)19-10-7-14-21(15-11-19)17-16-20-12-5-2-6-13-20/h1,3-4,8-9,19H,2,5-7,10-17H2. The van der Waals surface area contributed by atoms with E-state index in [0.29, 0.717) is 0 Å². The van der Waals surface area contributed by atoms with Crippen LogP contribution < -0.4 is 0 Å². The summed E-state index contributed by atoms with van der Waals surface area (Å²) in [5.41, 5.74) is 1.55. The van der Waals surface area contributed by atoms with Crippen LogP contribution in [0.25, 0.3) is 0 Å². The molecule has 0 aliphatic carbocycles. The van der Waals surface area contributed by atoms with Crippen molar-refractivity contribution in [2.24, 2.45) is 0 Å². The average Bonchev–Trinajstić information content (AvgIpc) is 2.80. The predicted octanol–water partition coefficient (Wildman–Crippen LogP) is 3.74. The summed E-state index contributed by atoms with van der Waals surface area (Å²) in [6, 6.07) is 11.1. The second kappa shape index (κ2) is 7.95. The SMILES string of the molecule is c1ccc(C2CCCN(CCN3CCCCC3)CC2)cc1. The summed E-state index contributed by atoms with van der Waals surface area (Å²) in [7, 11) is 0. The van der Waals surface area contributed by atoms with Crippen molar-refractivity contribution in [2.45, 2.75) is 44.4 Å². The monoisotopic (exact) mass is 286 g/mol. The first kappa shape index (κ1) is 15.1. The maximum atomic E-state index is 2.71. The highest BCUT2D eigenvalue weighted by Gasteiger charge is 2.19. The highest BCUT2D eigenvalue weighted by atomic mass is 15.2. The van der Waals surface area contributed by atoms with E-state index in [9.17, 15) is 0 Å². The van der Waals surface area contributed by atoms with Crippen LogP contribution in [0.1, 0.15) is 50.0 Å². The van der Waals surface area contributed by atoms with Gasteiger partial charge in [0.2, 0.25) is 0 Å². The average molecular weight is 286 g/mol. The molecule has 2 nitrogen and oxygen atoms in total. The molecule has 1 unspecified atom stereocenters. The van der Waals surface area contributed by atoms with Gasteiger partial charge >= 0.3 is 0 Å².